The lowest BCUT2D eigenvalue weighted by atomic mass is 10.2. The summed E-state index contributed by atoms with van der Waals surface area (Å²) >= 11 is 5.74. The van der Waals surface area contributed by atoms with Crippen LogP contribution in [0.3, 0.4) is 0 Å². The molecule has 1 aromatic carbocycles. The fourth-order valence-corrected chi connectivity index (χ4v) is 1.69. The zero-order valence-corrected chi connectivity index (χ0v) is 10.8. The fraction of sp³-hybridized carbons (Fsp3) is 0.0769. The highest BCUT2D eigenvalue weighted by atomic mass is 35.5. The van der Waals surface area contributed by atoms with Crippen molar-refractivity contribution in [2.75, 3.05) is 12.4 Å². The molecular formula is C13H11ClN2O3. The second-order valence-corrected chi connectivity index (χ2v) is 4.18. The Morgan fingerprint density at radius 2 is 2.16 bits per heavy atom. The summed E-state index contributed by atoms with van der Waals surface area (Å²) in [5.41, 5.74) is -0.0103. The van der Waals surface area contributed by atoms with Gasteiger partial charge in [0.1, 0.15) is 11.3 Å². The SMILES string of the molecule is COc1cccc(NC(=O)c2cc(Cl)c[nH]c2=O)c1. The lowest BCUT2D eigenvalue weighted by molar-refractivity contribution is 0.102. The van der Waals surface area contributed by atoms with Gasteiger partial charge in [-0.15, -0.1) is 0 Å². The molecule has 1 amide bonds. The molecule has 6 heteroatoms. The Hall–Kier alpha value is -2.27. The van der Waals surface area contributed by atoms with Crippen LogP contribution in [0.5, 0.6) is 5.75 Å². The normalized spacial score (nSPS) is 10.0. The molecule has 2 aromatic rings. The van der Waals surface area contributed by atoms with Crippen molar-refractivity contribution >= 4 is 23.2 Å². The summed E-state index contributed by atoms with van der Waals surface area (Å²) in [5, 5.41) is 2.89. The van der Waals surface area contributed by atoms with Gasteiger partial charge in [-0.05, 0) is 18.2 Å². The molecule has 0 aliphatic heterocycles. The molecule has 1 aromatic heterocycles. The van der Waals surface area contributed by atoms with E-state index in [1.54, 1.807) is 24.3 Å². The van der Waals surface area contributed by atoms with Crippen LogP contribution in [0.1, 0.15) is 10.4 Å². The summed E-state index contributed by atoms with van der Waals surface area (Å²) in [5.74, 6) is 0.0785. The van der Waals surface area contributed by atoms with Crippen molar-refractivity contribution in [2.45, 2.75) is 0 Å². The number of aromatic amines is 1. The number of anilines is 1. The maximum atomic E-state index is 12.0. The number of hydrogen-bond acceptors (Lipinski definition) is 3. The number of hydrogen-bond donors (Lipinski definition) is 2. The van der Waals surface area contributed by atoms with Gasteiger partial charge in [-0.3, -0.25) is 9.59 Å². The zero-order chi connectivity index (χ0) is 13.8. The Bertz CT molecular complexity index is 667. The number of methoxy groups -OCH3 is 1. The molecule has 2 rings (SSSR count). The predicted octanol–water partition coefficient (Wildman–Crippen LogP) is 2.29. The average Bonchev–Trinajstić information content (AvgIpc) is 2.41. The van der Waals surface area contributed by atoms with Gasteiger partial charge in [0, 0.05) is 18.0 Å². The Balaban J connectivity index is 2.25. The Morgan fingerprint density at radius 3 is 2.89 bits per heavy atom. The molecule has 0 spiro atoms. The monoisotopic (exact) mass is 278 g/mol. The highest BCUT2D eigenvalue weighted by Crippen LogP contribution is 2.17. The molecule has 0 saturated heterocycles. The van der Waals surface area contributed by atoms with Crippen LogP contribution in [0, 0.1) is 0 Å². The van der Waals surface area contributed by atoms with E-state index in [9.17, 15) is 9.59 Å². The molecule has 0 atom stereocenters. The number of H-pyrrole nitrogens is 1. The van der Waals surface area contributed by atoms with E-state index in [-0.39, 0.29) is 10.6 Å². The summed E-state index contributed by atoms with van der Waals surface area (Å²) in [6.07, 6.45) is 1.33. The number of carbonyl (C=O) groups excluding carboxylic acids is 1. The smallest absolute Gasteiger partial charge is 0.261 e. The molecule has 0 aliphatic rings. The molecule has 0 radical (unpaired) electrons. The summed E-state index contributed by atoms with van der Waals surface area (Å²) in [6, 6.07) is 8.14. The van der Waals surface area contributed by atoms with E-state index in [4.69, 9.17) is 16.3 Å². The first-order chi connectivity index (χ1) is 9.10. The summed E-state index contributed by atoms with van der Waals surface area (Å²) in [6.45, 7) is 0. The zero-order valence-electron chi connectivity index (χ0n) is 10.1. The lowest BCUT2D eigenvalue weighted by Gasteiger charge is -2.06. The summed E-state index contributed by atoms with van der Waals surface area (Å²) in [7, 11) is 1.53. The number of aromatic nitrogens is 1. The van der Waals surface area contributed by atoms with Gasteiger partial charge in [0.15, 0.2) is 0 Å². The topological polar surface area (TPSA) is 71.2 Å². The van der Waals surface area contributed by atoms with Crippen molar-refractivity contribution in [2.24, 2.45) is 0 Å². The minimum absolute atomic E-state index is 0.0460. The largest absolute Gasteiger partial charge is 0.497 e. The first-order valence-electron chi connectivity index (χ1n) is 5.44. The second-order valence-electron chi connectivity index (χ2n) is 3.75. The Kier molecular flexibility index (Phi) is 3.87. The van der Waals surface area contributed by atoms with Crippen LogP contribution in [-0.2, 0) is 0 Å². The van der Waals surface area contributed by atoms with Crippen molar-refractivity contribution in [1.29, 1.82) is 0 Å². The Morgan fingerprint density at radius 1 is 1.37 bits per heavy atom. The lowest BCUT2D eigenvalue weighted by Crippen LogP contribution is -2.22. The van der Waals surface area contributed by atoms with Crippen LogP contribution in [0.25, 0.3) is 0 Å². The maximum absolute atomic E-state index is 12.0. The highest BCUT2D eigenvalue weighted by Gasteiger charge is 2.11. The average molecular weight is 279 g/mol. The van der Waals surface area contributed by atoms with Crippen LogP contribution >= 0.6 is 11.6 Å². The number of amides is 1. The molecule has 0 bridgehead atoms. The van der Waals surface area contributed by atoms with Gasteiger partial charge in [0.05, 0.1) is 12.1 Å². The van der Waals surface area contributed by atoms with Crippen molar-refractivity contribution in [3.63, 3.8) is 0 Å². The van der Waals surface area contributed by atoms with E-state index in [0.29, 0.717) is 11.4 Å². The molecule has 2 N–H and O–H groups in total. The third-order valence-electron chi connectivity index (χ3n) is 2.44. The van der Waals surface area contributed by atoms with Crippen LogP contribution in [0.4, 0.5) is 5.69 Å². The number of pyridine rings is 1. The van der Waals surface area contributed by atoms with Crippen LogP contribution < -0.4 is 15.6 Å². The molecule has 98 valence electrons. The predicted molar refractivity (Wildman–Crippen MR) is 73.0 cm³/mol. The summed E-state index contributed by atoms with van der Waals surface area (Å²) < 4.78 is 5.04. The first-order valence-corrected chi connectivity index (χ1v) is 5.81. The van der Waals surface area contributed by atoms with Gasteiger partial charge in [-0.1, -0.05) is 17.7 Å². The summed E-state index contributed by atoms with van der Waals surface area (Å²) in [4.78, 5) is 25.9. The molecule has 0 unspecified atom stereocenters. The van der Waals surface area contributed by atoms with Crippen LogP contribution in [0.2, 0.25) is 5.02 Å². The molecule has 5 nitrogen and oxygen atoms in total. The highest BCUT2D eigenvalue weighted by molar-refractivity contribution is 6.30. The van der Waals surface area contributed by atoms with E-state index < -0.39 is 11.5 Å². The number of nitrogens with one attached hydrogen (secondary N) is 2. The standard InChI is InChI=1S/C13H11ClN2O3/c1-19-10-4-2-3-9(6-10)16-13(18)11-5-8(14)7-15-12(11)17/h2-7H,1H3,(H,15,17)(H,16,18). The third-order valence-corrected chi connectivity index (χ3v) is 2.66. The minimum Gasteiger partial charge on any atom is -0.497 e. The third kappa shape index (κ3) is 3.14. The van der Waals surface area contributed by atoms with Gasteiger partial charge in [-0.25, -0.2) is 0 Å². The van der Waals surface area contributed by atoms with E-state index in [1.807, 2.05) is 0 Å². The minimum atomic E-state index is -0.531. The van der Waals surface area contributed by atoms with Crippen molar-refractivity contribution in [3.8, 4) is 5.75 Å². The molecule has 19 heavy (non-hydrogen) atoms. The number of ether oxygens (including phenoxy) is 1. The van der Waals surface area contributed by atoms with Gasteiger partial charge in [0.2, 0.25) is 0 Å². The number of halogens is 1. The molecule has 0 saturated carbocycles. The van der Waals surface area contributed by atoms with Crippen LogP contribution in [-0.4, -0.2) is 18.0 Å². The van der Waals surface area contributed by atoms with E-state index in [2.05, 4.69) is 10.3 Å². The fourth-order valence-electron chi connectivity index (χ4n) is 1.53. The second kappa shape index (κ2) is 5.58. The molecular weight excluding hydrogens is 268 g/mol. The number of carbonyl (C=O) groups is 1. The van der Waals surface area contributed by atoms with E-state index in [1.165, 1.54) is 19.4 Å². The quantitative estimate of drug-likeness (QED) is 0.905. The van der Waals surface area contributed by atoms with Gasteiger partial charge >= 0.3 is 0 Å². The van der Waals surface area contributed by atoms with Gasteiger partial charge in [0.25, 0.3) is 11.5 Å². The molecule has 0 fully saturated rings. The van der Waals surface area contributed by atoms with Crippen molar-refractivity contribution in [1.82, 2.24) is 4.98 Å². The molecule has 0 aliphatic carbocycles. The van der Waals surface area contributed by atoms with Crippen molar-refractivity contribution in [3.05, 3.63) is 57.5 Å². The van der Waals surface area contributed by atoms with Gasteiger partial charge < -0.3 is 15.0 Å². The van der Waals surface area contributed by atoms with E-state index in [0.717, 1.165) is 0 Å². The number of rotatable bonds is 3. The van der Waals surface area contributed by atoms with Crippen molar-refractivity contribution < 1.29 is 9.53 Å². The molecule has 1 heterocycles. The van der Waals surface area contributed by atoms with E-state index >= 15 is 0 Å². The Labute approximate surface area is 114 Å². The van der Waals surface area contributed by atoms with Crippen LogP contribution in [0.15, 0.2) is 41.3 Å². The number of benzene rings is 1. The van der Waals surface area contributed by atoms with Gasteiger partial charge in [-0.2, -0.15) is 0 Å². The maximum Gasteiger partial charge on any atom is 0.261 e. The first kappa shape index (κ1) is 13.2.